The van der Waals surface area contributed by atoms with Gasteiger partial charge in [-0.25, -0.2) is 5.43 Å². The lowest BCUT2D eigenvalue weighted by atomic mass is 10.2. The molecule has 0 radical (unpaired) electrons. The van der Waals surface area contributed by atoms with E-state index in [1.54, 1.807) is 44.7 Å². The largest absolute Gasteiger partial charge is 0.497 e. The minimum absolute atomic E-state index is 0.297. The van der Waals surface area contributed by atoms with Crippen molar-refractivity contribution in [3.8, 4) is 17.2 Å². The molecule has 3 aromatic rings. The summed E-state index contributed by atoms with van der Waals surface area (Å²) < 4.78 is 12.2. The van der Waals surface area contributed by atoms with Crippen molar-refractivity contribution in [2.45, 2.75) is 0 Å². The molecule has 1 N–H and O–H groups in total. The number of benzene rings is 2. The summed E-state index contributed by atoms with van der Waals surface area (Å²) in [5.74, 6) is 1.14. The standard InChI is InChI=1S/C20H19N3O3/c1-25-18-8-6-17(7-9-18)23-11-10-15(14-23)13-21-22-20(24)16-4-3-5-19(12-16)26-2/h3-14H,1-2H3,(H,22,24)/b21-13-. The number of ether oxygens (including phenoxy) is 2. The number of carbonyl (C=O) groups is 1. The van der Waals surface area contributed by atoms with Crippen LogP contribution in [0.25, 0.3) is 5.69 Å². The molecule has 0 aliphatic carbocycles. The number of rotatable bonds is 6. The van der Waals surface area contributed by atoms with E-state index >= 15 is 0 Å². The molecular weight excluding hydrogens is 330 g/mol. The van der Waals surface area contributed by atoms with Crippen molar-refractivity contribution < 1.29 is 14.3 Å². The first-order valence-corrected chi connectivity index (χ1v) is 7.99. The molecule has 0 aliphatic rings. The summed E-state index contributed by atoms with van der Waals surface area (Å²) in [5.41, 5.74) is 4.87. The Labute approximate surface area is 151 Å². The van der Waals surface area contributed by atoms with Gasteiger partial charge in [0.25, 0.3) is 5.91 Å². The molecular formula is C20H19N3O3. The zero-order chi connectivity index (χ0) is 18.4. The monoisotopic (exact) mass is 349 g/mol. The number of carbonyl (C=O) groups excluding carboxylic acids is 1. The maximum absolute atomic E-state index is 12.1. The second-order valence-corrected chi connectivity index (χ2v) is 5.48. The SMILES string of the molecule is COc1ccc(-n2ccc(/C=N\NC(=O)c3cccc(OC)c3)c2)cc1. The Kier molecular flexibility index (Phi) is 5.34. The van der Waals surface area contributed by atoms with Crippen LogP contribution in [-0.4, -0.2) is 30.9 Å². The summed E-state index contributed by atoms with van der Waals surface area (Å²) >= 11 is 0. The number of aromatic nitrogens is 1. The molecule has 1 heterocycles. The average molecular weight is 349 g/mol. The quantitative estimate of drug-likeness (QED) is 0.549. The second kappa shape index (κ2) is 8.02. The van der Waals surface area contributed by atoms with Gasteiger partial charge in [-0.3, -0.25) is 4.79 Å². The summed E-state index contributed by atoms with van der Waals surface area (Å²) in [4.78, 5) is 12.1. The van der Waals surface area contributed by atoms with Crippen molar-refractivity contribution in [3.05, 3.63) is 78.1 Å². The number of hydrazone groups is 1. The highest BCUT2D eigenvalue weighted by atomic mass is 16.5. The lowest BCUT2D eigenvalue weighted by Crippen LogP contribution is -2.17. The highest BCUT2D eigenvalue weighted by molar-refractivity contribution is 5.95. The maximum Gasteiger partial charge on any atom is 0.271 e. The Morgan fingerprint density at radius 2 is 1.81 bits per heavy atom. The number of amides is 1. The summed E-state index contributed by atoms with van der Waals surface area (Å²) in [6.45, 7) is 0. The highest BCUT2D eigenvalue weighted by Crippen LogP contribution is 2.16. The van der Waals surface area contributed by atoms with E-state index in [0.29, 0.717) is 11.3 Å². The number of methoxy groups -OCH3 is 2. The minimum atomic E-state index is -0.297. The fourth-order valence-corrected chi connectivity index (χ4v) is 2.40. The second-order valence-electron chi connectivity index (χ2n) is 5.48. The number of hydrogen-bond donors (Lipinski definition) is 1. The van der Waals surface area contributed by atoms with Crippen molar-refractivity contribution in [1.82, 2.24) is 9.99 Å². The first-order valence-electron chi connectivity index (χ1n) is 7.99. The topological polar surface area (TPSA) is 64.8 Å². The van der Waals surface area contributed by atoms with Gasteiger partial charge in [0, 0.05) is 29.2 Å². The van der Waals surface area contributed by atoms with Crippen molar-refractivity contribution in [1.29, 1.82) is 0 Å². The van der Waals surface area contributed by atoms with Gasteiger partial charge in [-0.2, -0.15) is 5.10 Å². The molecule has 0 saturated heterocycles. The highest BCUT2D eigenvalue weighted by Gasteiger charge is 2.05. The molecule has 3 rings (SSSR count). The van der Waals surface area contributed by atoms with Gasteiger partial charge in [0.15, 0.2) is 0 Å². The van der Waals surface area contributed by atoms with Gasteiger partial charge >= 0.3 is 0 Å². The van der Waals surface area contributed by atoms with Gasteiger partial charge in [-0.15, -0.1) is 0 Å². The number of hydrogen-bond acceptors (Lipinski definition) is 4. The van der Waals surface area contributed by atoms with Crippen LogP contribution in [-0.2, 0) is 0 Å². The summed E-state index contributed by atoms with van der Waals surface area (Å²) in [6.07, 6.45) is 5.44. The molecule has 0 spiro atoms. The van der Waals surface area contributed by atoms with Crippen LogP contribution in [0, 0.1) is 0 Å². The van der Waals surface area contributed by atoms with E-state index in [-0.39, 0.29) is 5.91 Å². The fourth-order valence-electron chi connectivity index (χ4n) is 2.40. The molecule has 0 atom stereocenters. The first kappa shape index (κ1) is 17.3. The molecule has 1 amide bonds. The van der Waals surface area contributed by atoms with Crippen LogP contribution in [0.15, 0.2) is 72.1 Å². The van der Waals surface area contributed by atoms with E-state index in [9.17, 15) is 4.79 Å². The van der Waals surface area contributed by atoms with E-state index in [1.807, 2.05) is 47.3 Å². The Morgan fingerprint density at radius 3 is 2.54 bits per heavy atom. The molecule has 0 unspecified atom stereocenters. The first-order chi connectivity index (χ1) is 12.7. The smallest absolute Gasteiger partial charge is 0.271 e. The zero-order valence-electron chi connectivity index (χ0n) is 14.5. The summed E-state index contributed by atoms with van der Waals surface area (Å²) in [5, 5.41) is 4.01. The van der Waals surface area contributed by atoms with E-state index in [4.69, 9.17) is 9.47 Å². The lowest BCUT2D eigenvalue weighted by molar-refractivity contribution is 0.0955. The van der Waals surface area contributed by atoms with Crippen molar-refractivity contribution in [3.63, 3.8) is 0 Å². The minimum Gasteiger partial charge on any atom is -0.497 e. The molecule has 2 aromatic carbocycles. The van der Waals surface area contributed by atoms with Crippen LogP contribution >= 0.6 is 0 Å². The van der Waals surface area contributed by atoms with Crippen LogP contribution in [0.5, 0.6) is 11.5 Å². The normalized spacial score (nSPS) is 10.7. The Hall–Kier alpha value is -3.54. The molecule has 0 fully saturated rings. The van der Waals surface area contributed by atoms with Gasteiger partial charge in [-0.05, 0) is 48.5 Å². The van der Waals surface area contributed by atoms with Crippen LogP contribution in [0.1, 0.15) is 15.9 Å². The Morgan fingerprint density at radius 1 is 1.04 bits per heavy atom. The number of nitrogens with one attached hydrogen (secondary N) is 1. The van der Waals surface area contributed by atoms with E-state index in [2.05, 4.69) is 10.5 Å². The molecule has 6 nitrogen and oxygen atoms in total. The third kappa shape index (κ3) is 4.10. The molecule has 6 heteroatoms. The predicted molar refractivity (Wildman–Crippen MR) is 100 cm³/mol. The van der Waals surface area contributed by atoms with Gasteiger partial charge in [0.2, 0.25) is 0 Å². The lowest BCUT2D eigenvalue weighted by Gasteiger charge is -2.04. The van der Waals surface area contributed by atoms with Crippen molar-refractivity contribution in [2.75, 3.05) is 14.2 Å². The van der Waals surface area contributed by atoms with Crippen LogP contribution in [0.2, 0.25) is 0 Å². The molecule has 0 bridgehead atoms. The molecule has 26 heavy (non-hydrogen) atoms. The van der Waals surface area contributed by atoms with Gasteiger partial charge in [-0.1, -0.05) is 6.07 Å². The fraction of sp³-hybridized carbons (Fsp3) is 0.100. The van der Waals surface area contributed by atoms with E-state index in [0.717, 1.165) is 17.0 Å². The molecule has 132 valence electrons. The van der Waals surface area contributed by atoms with Crippen molar-refractivity contribution in [2.24, 2.45) is 5.10 Å². The maximum atomic E-state index is 12.1. The Balaban J connectivity index is 1.63. The van der Waals surface area contributed by atoms with Crippen LogP contribution in [0.4, 0.5) is 0 Å². The third-order valence-electron chi connectivity index (χ3n) is 3.80. The zero-order valence-corrected chi connectivity index (χ0v) is 14.5. The van der Waals surface area contributed by atoms with Gasteiger partial charge in [0.1, 0.15) is 11.5 Å². The van der Waals surface area contributed by atoms with Crippen molar-refractivity contribution >= 4 is 12.1 Å². The molecule has 0 aliphatic heterocycles. The summed E-state index contributed by atoms with van der Waals surface area (Å²) in [7, 11) is 3.20. The molecule has 0 saturated carbocycles. The van der Waals surface area contributed by atoms with Crippen LogP contribution in [0.3, 0.4) is 0 Å². The molecule has 1 aromatic heterocycles. The van der Waals surface area contributed by atoms with Gasteiger partial charge in [0.05, 0.1) is 20.4 Å². The average Bonchev–Trinajstić information content (AvgIpc) is 3.17. The summed E-state index contributed by atoms with van der Waals surface area (Å²) in [6, 6.07) is 16.5. The third-order valence-corrected chi connectivity index (χ3v) is 3.80. The predicted octanol–water partition coefficient (Wildman–Crippen LogP) is 3.26. The van der Waals surface area contributed by atoms with Gasteiger partial charge < -0.3 is 14.0 Å². The van der Waals surface area contributed by atoms with E-state index in [1.165, 1.54) is 0 Å². The van der Waals surface area contributed by atoms with Crippen LogP contribution < -0.4 is 14.9 Å². The Bertz CT molecular complexity index is 914. The number of nitrogens with zero attached hydrogens (tertiary/aromatic N) is 2. The van der Waals surface area contributed by atoms with E-state index < -0.39 is 0 Å².